The molecule has 1 amide bonds. The summed E-state index contributed by atoms with van der Waals surface area (Å²) in [7, 11) is 0. The summed E-state index contributed by atoms with van der Waals surface area (Å²) in [6.07, 6.45) is 5.65. The minimum atomic E-state index is -0.0623. The second-order valence-electron chi connectivity index (χ2n) is 5.28. The molecule has 0 saturated carbocycles. The minimum absolute atomic E-state index is 0.0623. The largest absolute Gasteiger partial charge is 0.395 e. The Morgan fingerprint density at radius 1 is 1.24 bits per heavy atom. The van der Waals surface area contributed by atoms with Crippen molar-refractivity contribution in [2.24, 2.45) is 0 Å². The summed E-state index contributed by atoms with van der Waals surface area (Å²) in [6, 6.07) is 0.131. The van der Waals surface area contributed by atoms with E-state index in [0.29, 0.717) is 0 Å². The van der Waals surface area contributed by atoms with Crippen molar-refractivity contribution in [3.8, 4) is 0 Å². The number of carbonyl (C=O) groups is 1. The number of aliphatic hydroxyl groups excluding tert-OH is 1. The molecule has 2 atom stereocenters. The SMILES string of the molecule is CC(C(=O)N1CCCCC1)N1CCC[C@H]1CO. The highest BCUT2D eigenvalue weighted by molar-refractivity contribution is 5.81. The van der Waals surface area contributed by atoms with Gasteiger partial charge < -0.3 is 10.0 Å². The van der Waals surface area contributed by atoms with Gasteiger partial charge in [-0.2, -0.15) is 0 Å². The Hall–Kier alpha value is -0.610. The molecule has 0 bridgehead atoms. The first-order valence-electron chi connectivity index (χ1n) is 6.89. The van der Waals surface area contributed by atoms with Crippen molar-refractivity contribution in [2.45, 2.75) is 51.1 Å². The smallest absolute Gasteiger partial charge is 0.239 e. The number of aliphatic hydroxyl groups is 1. The fourth-order valence-electron chi connectivity index (χ4n) is 3.08. The van der Waals surface area contributed by atoms with Gasteiger partial charge in [-0.1, -0.05) is 0 Å². The first-order chi connectivity index (χ1) is 8.24. The molecule has 4 nitrogen and oxygen atoms in total. The fourth-order valence-corrected chi connectivity index (χ4v) is 3.08. The van der Waals surface area contributed by atoms with E-state index in [9.17, 15) is 9.90 Å². The van der Waals surface area contributed by atoms with Crippen molar-refractivity contribution >= 4 is 5.91 Å². The van der Waals surface area contributed by atoms with Gasteiger partial charge in [0.05, 0.1) is 12.6 Å². The van der Waals surface area contributed by atoms with Crippen LogP contribution in [0.25, 0.3) is 0 Å². The molecule has 2 heterocycles. The van der Waals surface area contributed by atoms with E-state index in [-0.39, 0.29) is 24.6 Å². The number of carbonyl (C=O) groups excluding carboxylic acids is 1. The zero-order chi connectivity index (χ0) is 12.3. The predicted molar refractivity (Wildman–Crippen MR) is 66.7 cm³/mol. The Morgan fingerprint density at radius 2 is 1.94 bits per heavy atom. The maximum atomic E-state index is 12.3. The Balaban J connectivity index is 1.93. The summed E-state index contributed by atoms with van der Waals surface area (Å²) < 4.78 is 0. The van der Waals surface area contributed by atoms with E-state index in [2.05, 4.69) is 4.90 Å². The highest BCUT2D eigenvalue weighted by atomic mass is 16.3. The number of nitrogens with zero attached hydrogens (tertiary/aromatic N) is 2. The Morgan fingerprint density at radius 3 is 2.59 bits per heavy atom. The molecule has 2 aliphatic heterocycles. The van der Waals surface area contributed by atoms with Crippen LogP contribution in [0, 0.1) is 0 Å². The van der Waals surface area contributed by atoms with Crippen LogP contribution in [0.4, 0.5) is 0 Å². The highest BCUT2D eigenvalue weighted by Crippen LogP contribution is 2.21. The van der Waals surface area contributed by atoms with Crippen molar-refractivity contribution < 1.29 is 9.90 Å². The Bertz CT molecular complexity index is 264. The van der Waals surface area contributed by atoms with Crippen LogP contribution in [0.3, 0.4) is 0 Å². The zero-order valence-electron chi connectivity index (χ0n) is 10.8. The lowest BCUT2D eigenvalue weighted by Gasteiger charge is -2.34. The van der Waals surface area contributed by atoms with Crippen LogP contribution in [0.1, 0.15) is 39.0 Å². The molecule has 1 N–H and O–H groups in total. The third-order valence-electron chi connectivity index (χ3n) is 4.16. The average molecular weight is 240 g/mol. The van der Waals surface area contributed by atoms with Crippen molar-refractivity contribution in [1.29, 1.82) is 0 Å². The van der Waals surface area contributed by atoms with Gasteiger partial charge in [0.15, 0.2) is 0 Å². The number of piperidine rings is 1. The van der Waals surface area contributed by atoms with E-state index in [1.165, 1.54) is 6.42 Å². The van der Waals surface area contributed by atoms with Gasteiger partial charge in [-0.05, 0) is 45.6 Å². The van der Waals surface area contributed by atoms with E-state index < -0.39 is 0 Å². The van der Waals surface area contributed by atoms with Crippen LogP contribution in [0.5, 0.6) is 0 Å². The van der Waals surface area contributed by atoms with Gasteiger partial charge in [-0.25, -0.2) is 0 Å². The second-order valence-corrected chi connectivity index (χ2v) is 5.28. The van der Waals surface area contributed by atoms with Gasteiger partial charge in [0, 0.05) is 19.1 Å². The molecule has 2 saturated heterocycles. The molecule has 0 aromatic heterocycles. The summed E-state index contributed by atoms with van der Waals surface area (Å²) in [5, 5.41) is 9.31. The maximum absolute atomic E-state index is 12.3. The molecule has 2 aliphatic rings. The van der Waals surface area contributed by atoms with Crippen molar-refractivity contribution in [3.63, 3.8) is 0 Å². The van der Waals surface area contributed by atoms with Gasteiger partial charge in [0.1, 0.15) is 0 Å². The van der Waals surface area contributed by atoms with Crippen LogP contribution < -0.4 is 0 Å². The van der Waals surface area contributed by atoms with Crippen molar-refractivity contribution in [1.82, 2.24) is 9.80 Å². The highest BCUT2D eigenvalue weighted by Gasteiger charge is 2.33. The molecule has 0 aromatic rings. The molecule has 17 heavy (non-hydrogen) atoms. The lowest BCUT2D eigenvalue weighted by Crippen LogP contribution is -2.50. The van der Waals surface area contributed by atoms with Crippen molar-refractivity contribution in [2.75, 3.05) is 26.2 Å². The fraction of sp³-hybridized carbons (Fsp3) is 0.923. The Kier molecular flexibility index (Phi) is 4.40. The zero-order valence-corrected chi connectivity index (χ0v) is 10.8. The number of hydrogen-bond donors (Lipinski definition) is 1. The van der Waals surface area contributed by atoms with E-state index in [0.717, 1.165) is 45.3 Å². The molecular weight excluding hydrogens is 216 g/mol. The quantitative estimate of drug-likeness (QED) is 0.795. The van der Waals surface area contributed by atoms with E-state index >= 15 is 0 Å². The maximum Gasteiger partial charge on any atom is 0.239 e. The lowest BCUT2D eigenvalue weighted by molar-refractivity contribution is -0.137. The molecule has 0 spiro atoms. The van der Waals surface area contributed by atoms with Crippen LogP contribution in [0.15, 0.2) is 0 Å². The normalized spacial score (nSPS) is 28.4. The van der Waals surface area contributed by atoms with Crippen LogP contribution in [-0.2, 0) is 4.79 Å². The second kappa shape index (κ2) is 5.83. The molecule has 4 heteroatoms. The van der Waals surface area contributed by atoms with Gasteiger partial charge in [0.25, 0.3) is 0 Å². The lowest BCUT2D eigenvalue weighted by atomic mass is 10.1. The average Bonchev–Trinajstić information content (AvgIpc) is 2.86. The van der Waals surface area contributed by atoms with E-state index in [1.807, 2.05) is 11.8 Å². The first-order valence-corrected chi connectivity index (χ1v) is 6.89. The molecule has 1 unspecified atom stereocenters. The van der Waals surface area contributed by atoms with Crippen LogP contribution >= 0.6 is 0 Å². The monoisotopic (exact) mass is 240 g/mol. The van der Waals surface area contributed by atoms with Gasteiger partial charge in [-0.15, -0.1) is 0 Å². The van der Waals surface area contributed by atoms with Gasteiger partial charge in [-0.3, -0.25) is 9.69 Å². The standard InChI is InChI=1S/C13H24N2O2/c1-11(15-9-5-6-12(15)10-16)13(17)14-7-3-2-4-8-14/h11-12,16H,2-10H2,1H3/t11?,12-/m0/s1. The number of amides is 1. The van der Waals surface area contributed by atoms with Crippen LogP contribution in [0.2, 0.25) is 0 Å². The summed E-state index contributed by atoms with van der Waals surface area (Å²) >= 11 is 0. The molecule has 98 valence electrons. The third kappa shape index (κ3) is 2.80. The number of hydrogen-bond acceptors (Lipinski definition) is 3. The summed E-state index contributed by atoms with van der Waals surface area (Å²) in [4.78, 5) is 16.5. The summed E-state index contributed by atoms with van der Waals surface area (Å²) in [5.41, 5.74) is 0. The molecule has 2 fully saturated rings. The summed E-state index contributed by atoms with van der Waals surface area (Å²) in [6.45, 7) is 4.95. The molecular formula is C13H24N2O2. The first kappa shape index (κ1) is 12.8. The number of rotatable bonds is 3. The topological polar surface area (TPSA) is 43.8 Å². The Labute approximate surface area is 104 Å². The van der Waals surface area contributed by atoms with Crippen LogP contribution in [-0.4, -0.2) is 59.1 Å². The number of likely N-dealkylation sites (tertiary alicyclic amines) is 2. The predicted octanol–water partition coefficient (Wildman–Crippen LogP) is 0.844. The summed E-state index contributed by atoms with van der Waals surface area (Å²) in [5.74, 6) is 0.255. The van der Waals surface area contributed by atoms with E-state index in [1.54, 1.807) is 0 Å². The molecule has 0 aromatic carbocycles. The van der Waals surface area contributed by atoms with Crippen molar-refractivity contribution in [3.05, 3.63) is 0 Å². The van der Waals surface area contributed by atoms with Gasteiger partial charge in [0.2, 0.25) is 5.91 Å². The molecule has 2 rings (SSSR count). The molecule has 0 radical (unpaired) electrons. The van der Waals surface area contributed by atoms with Gasteiger partial charge >= 0.3 is 0 Å². The third-order valence-corrected chi connectivity index (χ3v) is 4.16. The van der Waals surface area contributed by atoms with E-state index in [4.69, 9.17) is 0 Å². The minimum Gasteiger partial charge on any atom is -0.395 e. The molecule has 0 aliphatic carbocycles.